The molecule has 354 valence electrons. The van der Waals surface area contributed by atoms with Gasteiger partial charge in [-0.25, -0.2) is 4.57 Å². The Labute approximate surface area is 374 Å². The lowest BCUT2D eigenvalue weighted by Gasteiger charge is -2.15. The summed E-state index contributed by atoms with van der Waals surface area (Å²) in [6.07, 6.45) is 57.2. The number of aliphatic hydroxyl groups is 1. The first-order valence-corrected chi connectivity index (χ1v) is 26.3. The third-order valence-corrected chi connectivity index (χ3v) is 11.4. The van der Waals surface area contributed by atoms with Crippen LogP contribution in [0.1, 0.15) is 219 Å². The summed E-state index contributed by atoms with van der Waals surface area (Å²) in [5.74, 6) is -0.524. The van der Waals surface area contributed by atoms with Gasteiger partial charge in [-0.1, -0.05) is 209 Å². The van der Waals surface area contributed by atoms with Gasteiger partial charge in [0, 0.05) is 19.4 Å². The number of nitrogens with one attached hydrogen (secondary N) is 1. The molecule has 0 aromatic heterocycles. The average Bonchev–Trinajstić information content (AvgIpc) is 3.25. The molecular formula is C51H92NO8P. The molecule has 3 N–H and O–H groups in total. The van der Waals surface area contributed by atoms with Crippen LogP contribution in [-0.2, 0) is 27.9 Å². The molecule has 61 heavy (non-hydrogen) atoms. The van der Waals surface area contributed by atoms with E-state index in [9.17, 15) is 24.2 Å². The Bertz CT molecular complexity index is 1180. The topological polar surface area (TPSA) is 131 Å². The van der Waals surface area contributed by atoms with E-state index in [4.69, 9.17) is 13.8 Å². The number of ether oxygens (including phenoxy) is 1. The number of phosphoric ester groups is 1. The molecule has 0 bridgehead atoms. The molecule has 0 aromatic rings. The monoisotopic (exact) mass is 878 g/mol. The number of carbonyl (C=O) groups is 2. The number of amides is 1. The van der Waals surface area contributed by atoms with Crippen molar-refractivity contribution in [3.8, 4) is 0 Å². The van der Waals surface area contributed by atoms with Crippen LogP contribution in [-0.4, -0.2) is 54.3 Å². The van der Waals surface area contributed by atoms with Crippen LogP contribution in [0.4, 0.5) is 0 Å². The minimum atomic E-state index is -4.42. The Balaban J connectivity index is 3.59. The molecule has 10 heteroatoms. The number of unbranched alkanes of at least 4 members (excludes halogenated alkanes) is 23. The zero-order chi connectivity index (χ0) is 44.6. The molecule has 0 aliphatic carbocycles. The van der Waals surface area contributed by atoms with Crippen LogP contribution >= 0.6 is 7.82 Å². The number of carbonyl (C=O) groups excluding carboxylic acids is 2. The van der Waals surface area contributed by atoms with Crippen molar-refractivity contribution in [3.63, 3.8) is 0 Å². The van der Waals surface area contributed by atoms with E-state index in [1.807, 2.05) is 0 Å². The molecule has 0 fully saturated rings. The minimum Gasteiger partial charge on any atom is -0.463 e. The van der Waals surface area contributed by atoms with E-state index in [2.05, 4.69) is 79.9 Å². The van der Waals surface area contributed by atoms with Gasteiger partial charge in [0.05, 0.1) is 13.2 Å². The van der Waals surface area contributed by atoms with E-state index < -0.39 is 26.5 Å². The first-order chi connectivity index (χ1) is 29.8. The first-order valence-electron chi connectivity index (χ1n) is 24.8. The van der Waals surface area contributed by atoms with Gasteiger partial charge in [-0.05, 0) is 57.8 Å². The van der Waals surface area contributed by atoms with Crippen molar-refractivity contribution in [2.75, 3.05) is 26.4 Å². The van der Waals surface area contributed by atoms with Crippen molar-refractivity contribution in [1.29, 1.82) is 0 Å². The van der Waals surface area contributed by atoms with Crippen LogP contribution in [0.25, 0.3) is 0 Å². The van der Waals surface area contributed by atoms with Crippen molar-refractivity contribution >= 4 is 19.7 Å². The van der Waals surface area contributed by atoms with E-state index >= 15 is 0 Å². The van der Waals surface area contributed by atoms with E-state index in [0.717, 1.165) is 83.5 Å². The Hall–Kier alpha value is -2.29. The second-order valence-electron chi connectivity index (χ2n) is 16.4. The summed E-state index contributed by atoms with van der Waals surface area (Å²) in [4.78, 5) is 34.0. The van der Waals surface area contributed by atoms with Crippen LogP contribution in [0, 0.1) is 0 Å². The summed E-state index contributed by atoms with van der Waals surface area (Å²) in [5, 5.41) is 12.7. The highest BCUT2D eigenvalue weighted by Crippen LogP contribution is 2.42. The SMILES string of the molecule is CC/C=C\C/C=C\C/C=C\C/C=C\C/C=C\CCCCCCCCCC(=O)OCC(O)COP(=O)(O)OCCNC(=O)CCCCCCCCCCCCCCCCCCC. The average molecular weight is 878 g/mol. The number of rotatable bonds is 46. The summed E-state index contributed by atoms with van der Waals surface area (Å²) < 4.78 is 27.0. The lowest BCUT2D eigenvalue weighted by atomic mass is 10.0. The quantitative estimate of drug-likeness (QED) is 0.0238. The van der Waals surface area contributed by atoms with Gasteiger partial charge in [-0.2, -0.15) is 0 Å². The molecule has 0 rings (SSSR count). The Morgan fingerprint density at radius 3 is 1.41 bits per heavy atom. The Kier molecular flexibility index (Phi) is 45.4. The van der Waals surface area contributed by atoms with Gasteiger partial charge in [-0.15, -0.1) is 0 Å². The van der Waals surface area contributed by atoms with Crippen LogP contribution in [0.3, 0.4) is 0 Å². The van der Waals surface area contributed by atoms with E-state index in [1.54, 1.807) is 0 Å². The summed E-state index contributed by atoms with van der Waals surface area (Å²) in [6.45, 7) is 3.45. The second-order valence-corrected chi connectivity index (χ2v) is 17.9. The maximum absolute atomic E-state index is 12.1. The summed E-state index contributed by atoms with van der Waals surface area (Å²) in [7, 11) is -4.42. The smallest absolute Gasteiger partial charge is 0.463 e. The van der Waals surface area contributed by atoms with Gasteiger partial charge in [0.15, 0.2) is 0 Å². The van der Waals surface area contributed by atoms with Crippen LogP contribution < -0.4 is 5.32 Å². The highest BCUT2D eigenvalue weighted by Gasteiger charge is 2.23. The molecule has 0 aliphatic heterocycles. The molecule has 0 radical (unpaired) electrons. The number of aliphatic hydroxyl groups excluding tert-OH is 1. The standard InChI is InChI=1S/C51H92NO8P/c1-3-5-7-9-11-13-15-17-19-21-22-23-24-25-26-28-30-32-34-36-38-40-42-44-51(55)58-47-49(53)48-60-61(56,57)59-46-45-52-50(54)43-41-39-37-35-33-31-29-27-20-18-16-14-12-10-8-6-4-2/h5,7,11,13,17,19,22-23,25-26,49,53H,3-4,6,8-10,12,14-16,18,20-21,24,27-48H2,1-2H3,(H,52,54)(H,56,57)/b7-5-,13-11-,19-17-,23-22-,26-25-. The summed E-state index contributed by atoms with van der Waals surface area (Å²) in [5.41, 5.74) is 0. The van der Waals surface area contributed by atoms with Crippen LogP contribution in [0.5, 0.6) is 0 Å². The number of esters is 1. The zero-order valence-corrected chi connectivity index (χ0v) is 40.0. The summed E-state index contributed by atoms with van der Waals surface area (Å²) >= 11 is 0. The number of hydrogen-bond acceptors (Lipinski definition) is 7. The maximum atomic E-state index is 12.1. The molecule has 1 amide bonds. The molecular weight excluding hydrogens is 786 g/mol. The van der Waals surface area contributed by atoms with Gasteiger partial charge in [-0.3, -0.25) is 18.6 Å². The highest BCUT2D eigenvalue weighted by molar-refractivity contribution is 7.47. The fourth-order valence-corrected chi connectivity index (χ4v) is 7.52. The lowest BCUT2D eigenvalue weighted by molar-refractivity contribution is -0.147. The van der Waals surface area contributed by atoms with Crippen molar-refractivity contribution in [2.24, 2.45) is 0 Å². The van der Waals surface area contributed by atoms with Crippen LogP contribution in [0.2, 0.25) is 0 Å². The van der Waals surface area contributed by atoms with Gasteiger partial charge in [0.25, 0.3) is 0 Å². The maximum Gasteiger partial charge on any atom is 0.472 e. The third-order valence-electron chi connectivity index (χ3n) is 10.5. The van der Waals surface area contributed by atoms with Crippen molar-refractivity contribution in [1.82, 2.24) is 5.32 Å². The van der Waals surface area contributed by atoms with Gasteiger partial charge < -0.3 is 20.1 Å². The van der Waals surface area contributed by atoms with E-state index in [-0.39, 0.29) is 32.1 Å². The normalized spacial score (nSPS) is 13.7. The zero-order valence-electron chi connectivity index (χ0n) is 39.1. The molecule has 0 aromatic carbocycles. The molecule has 0 heterocycles. The second kappa shape index (κ2) is 47.2. The molecule has 0 saturated heterocycles. The first kappa shape index (κ1) is 58.7. The third kappa shape index (κ3) is 48.6. The number of phosphoric acid groups is 1. The lowest BCUT2D eigenvalue weighted by Crippen LogP contribution is -2.27. The molecule has 0 aliphatic rings. The largest absolute Gasteiger partial charge is 0.472 e. The van der Waals surface area contributed by atoms with Gasteiger partial charge in [0.2, 0.25) is 5.91 Å². The predicted octanol–water partition coefficient (Wildman–Crippen LogP) is 14.4. The highest BCUT2D eigenvalue weighted by atomic mass is 31.2. The minimum absolute atomic E-state index is 0.0810. The fourth-order valence-electron chi connectivity index (χ4n) is 6.76. The van der Waals surface area contributed by atoms with Gasteiger partial charge in [0.1, 0.15) is 12.7 Å². The Morgan fingerprint density at radius 1 is 0.525 bits per heavy atom. The number of hydrogen-bond donors (Lipinski definition) is 3. The predicted molar refractivity (Wildman–Crippen MR) is 256 cm³/mol. The van der Waals surface area contributed by atoms with Crippen molar-refractivity contribution in [3.05, 3.63) is 60.8 Å². The van der Waals surface area contributed by atoms with Crippen molar-refractivity contribution in [2.45, 2.75) is 225 Å². The molecule has 9 nitrogen and oxygen atoms in total. The molecule has 2 atom stereocenters. The molecule has 2 unspecified atom stereocenters. The Morgan fingerprint density at radius 2 is 0.934 bits per heavy atom. The molecule has 0 saturated carbocycles. The molecule has 0 spiro atoms. The van der Waals surface area contributed by atoms with E-state index in [1.165, 1.54) is 109 Å². The van der Waals surface area contributed by atoms with Gasteiger partial charge >= 0.3 is 13.8 Å². The fraction of sp³-hybridized carbons (Fsp3) is 0.765. The van der Waals surface area contributed by atoms with Crippen LogP contribution in [0.15, 0.2) is 60.8 Å². The van der Waals surface area contributed by atoms with E-state index in [0.29, 0.717) is 6.42 Å². The van der Waals surface area contributed by atoms with Crippen molar-refractivity contribution < 1.29 is 37.9 Å². The summed E-state index contributed by atoms with van der Waals surface area (Å²) in [6, 6.07) is 0. The number of allylic oxidation sites excluding steroid dienone is 10.